The maximum Gasteiger partial charge on any atom is 0.170 e. The van der Waals surface area contributed by atoms with Crippen molar-refractivity contribution in [1.82, 2.24) is 19.8 Å². The Morgan fingerprint density at radius 3 is 2.72 bits per heavy atom. The van der Waals surface area contributed by atoms with E-state index in [1.165, 1.54) is 29.8 Å². The standard InChI is InChI=1S/C20H26N4S/c1-4-11-23-19(16-12-13(2)24(14(16)3)15-8-9-15)18(22-20(23)25)17-7-5-6-10-21-17/h5-7,10,12,15,18-19H,4,8-9,11H2,1-3H3,(H,22,25). The summed E-state index contributed by atoms with van der Waals surface area (Å²) in [6.07, 6.45) is 5.56. The van der Waals surface area contributed by atoms with E-state index < -0.39 is 0 Å². The van der Waals surface area contributed by atoms with E-state index in [1.54, 1.807) is 0 Å². The first-order chi connectivity index (χ1) is 12.1. The molecule has 2 aromatic heterocycles. The van der Waals surface area contributed by atoms with Gasteiger partial charge in [0.15, 0.2) is 5.11 Å². The number of nitrogens with one attached hydrogen (secondary N) is 1. The first-order valence-corrected chi connectivity index (χ1v) is 9.69. The largest absolute Gasteiger partial charge is 0.352 e. The Labute approximate surface area is 155 Å². The molecule has 4 nitrogen and oxygen atoms in total. The molecular weight excluding hydrogens is 328 g/mol. The Morgan fingerprint density at radius 2 is 2.08 bits per heavy atom. The fraction of sp³-hybridized carbons (Fsp3) is 0.500. The van der Waals surface area contributed by atoms with Crippen LogP contribution in [0.25, 0.3) is 0 Å². The lowest BCUT2D eigenvalue weighted by Gasteiger charge is -2.27. The van der Waals surface area contributed by atoms with Crippen molar-refractivity contribution in [3.05, 3.63) is 53.1 Å². The summed E-state index contributed by atoms with van der Waals surface area (Å²) in [5.74, 6) is 0. The van der Waals surface area contributed by atoms with Gasteiger partial charge in [-0.05, 0) is 69.1 Å². The van der Waals surface area contributed by atoms with Gasteiger partial charge >= 0.3 is 0 Å². The van der Waals surface area contributed by atoms with Gasteiger partial charge in [0, 0.05) is 30.2 Å². The molecule has 0 spiro atoms. The first kappa shape index (κ1) is 16.6. The van der Waals surface area contributed by atoms with Crippen molar-refractivity contribution >= 4 is 17.3 Å². The third-order valence-electron chi connectivity index (χ3n) is 5.42. The minimum absolute atomic E-state index is 0.105. The molecule has 1 saturated carbocycles. The summed E-state index contributed by atoms with van der Waals surface area (Å²) in [7, 11) is 0. The molecule has 0 amide bonds. The smallest absolute Gasteiger partial charge is 0.170 e. The van der Waals surface area contributed by atoms with Gasteiger partial charge in [-0.2, -0.15) is 0 Å². The van der Waals surface area contributed by atoms with Crippen LogP contribution in [-0.2, 0) is 0 Å². The lowest BCUT2D eigenvalue weighted by Crippen LogP contribution is -2.30. The van der Waals surface area contributed by atoms with Crippen LogP contribution in [0.3, 0.4) is 0 Å². The molecule has 0 aromatic carbocycles. The van der Waals surface area contributed by atoms with Crippen molar-refractivity contribution in [2.45, 2.75) is 58.2 Å². The lowest BCUT2D eigenvalue weighted by molar-refractivity contribution is 0.316. The van der Waals surface area contributed by atoms with Gasteiger partial charge < -0.3 is 14.8 Å². The average molecular weight is 355 g/mol. The minimum atomic E-state index is 0.105. The number of pyridine rings is 1. The van der Waals surface area contributed by atoms with E-state index in [2.05, 4.69) is 58.7 Å². The number of nitrogens with zero attached hydrogens (tertiary/aromatic N) is 3. The molecule has 4 rings (SSSR count). The molecule has 5 heteroatoms. The lowest BCUT2D eigenvalue weighted by atomic mass is 9.96. The van der Waals surface area contributed by atoms with Gasteiger partial charge in [0.2, 0.25) is 0 Å². The summed E-state index contributed by atoms with van der Waals surface area (Å²) in [5, 5.41) is 4.39. The molecule has 1 saturated heterocycles. The molecule has 2 aromatic rings. The molecule has 1 N–H and O–H groups in total. The predicted octanol–water partition coefficient (Wildman–Crippen LogP) is 4.22. The monoisotopic (exact) mass is 354 g/mol. The van der Waals surface area contributed by atoms with Crippen LogP contribution in [0.1, 0.15) is 67.0 Å². The fourth-order valence-electron chi connectivity index (χ4n) is 4.22. The van der Waals surface area contributed by atoms with Gasteiger partial charge in [0.25, 0.3) is 0 Å². The van der Waals surface area contributed by atoms with E-state index >= 15 is 0 Å². The van der Waals surface area contributed by atoms with E-state index in [4.69, 9.17) is 12.2 Å². The molecule has 25 heavy (non-hydrogen) atoms. The second kappa shape index (κ2) is 6.45. The number of thiocarbonyl (C=S) groups is 1. The Hall–Kier alpha value is -1.88. The fourth-order valence-corrected chi connectivity index (χ4v) is 4.55. The zero-order valence-electron chi connectivity index (χ0n) is 15.2. The molecule has 1 aliphatic heterocycles. The van der Waals surface area contributed by atoms with Gasteiger partial charge in [0.1, 0.15) is 0 Å². The summed E-state index contributed by atoms with van der Waals surface area (Å²) in [4.78, 5) is 6.97. The van der Waals surface area contributed by atoms with Crippen LogP contribution in [0.2, 0.25) is 0 Å². The van der Waals surface area contributed by atoms with Crippen molar-refractivity contribution < 1.29 is 0 Å². The Bertz CT molecular complexity index is 778. The number of hydrogen-bond acceptors (Lipinski definition) is 2. The normalized spacial score (nSPS) is 23.2. The van der Waals surface area contributed by atoms with E-state index in [1.807, 2.05) is 12.3 Å². The molecule has 2 fully saturated rings. The SMILES string of the molecule is CCCN1C(=S)NC(c2ccccn2)C1c1cc(C)n(C2CC2)c1C. The van der Waals surface area contributed by atoms with E-state index in [0.29, 0.717) is 6.04 Å². The number of rotatable bonds is 5. The summed E-state index contributed by atoms with van der Waals surface area (Å²) < 4.78 is 2.52. The first-order valence-electron chi connectivity index (χ1n) is 9.28. The molecule has 1 aliphatic carbocycles. The summed E-state index contributed by atoms with van der Waals surface area (Å²) in [6, 6.07) is 9.50. The molecule has 0 radical (unpaired) electrons. The number of aromatic nitrogens is 2. The van der Waals surface area contributed by atoms with Crippen molar-refractivity contribution in [2.75, 3.05) is 6.54 Å². The second-order valence-electron chi connectivity index (χ2n) is 7.25. The predicted molar refractivity (Wildman–Crippen MR) is 105 cm³/mol. The van der Waals surface area contributed by atoms with Gasteiger partial charge in [-0.25, -0.2) is 0 Å². The van der Waals surface area contributed by atoms with Crippen molar-refractivity contribution in [3.63, 3.8) is 0 Å². The molecule has 0 bridgehead atoms. The van der Waals surface area contributed by atoms with Crippen molar-refractivity contribution in [3.8, 4) is 0 Å². The molecule has 2 atom stereocenters. The highest BCUT2D eigenvalue weighted by atomic mass is 32.1. The zero-order valence-corrected chi connectivity index (χ0v) is 16.0. The van der Waals surface area contributed by atoms with Crippen molar-refractivity contribution in [1.29, 1.82) is 0 Å². The second-order valence-corrected chi connectivity index (χ2v) is 7.63. The van der Waals surface area contributed by atoms with E-state index in [9.17, 15) is 0 Å². The van der Waals surface area contributed by atoms with Crippen LogP contribution >= 0.6 is 12.2 Å². The van der Waals surface area contributed by atoms with Gasteiger partial charge in [-0.3, -0.25) is 4.98 Å². The molecule has 132 valence electrons. The molecule has 3 heterocycles. The maximum absolute atomic E-state index is 5.69. The summed E-state index contributed by atoms with van der Waals surface area (Å²) in [5.41, 5.74) is 5.20. The molecular formula is C20H26N4S. The van der Waals surface area contributed by atoms with E-state index in [-0.39, 0.29) is 12.1 Å². The highest BCUT2D eigenvalue weighted by Crippen LogP contribution is 2.44. The van der Waals surface area contributed by atoms with Gasteiger partial charge in [-0.1, -0.05) is 13.0 Å². The Balaban J connectivity index is 1.79. The topological polar surface area (TPSA) is 33.1 Å². The number of aryl methyl sites for hydroxylation is 1. The molecule has 2 unspecified atom stereocenters. The highest BCUT2D eigenvalue weighted by Gasteiger charge is 2.41. The Morgan fingerprint density at radius 1 is 1.28 bits per heavy atom. The van der Waals surface area contributed by atoms with E-state index in [0.717, 1.165) is 23.8 Å². The van der Waals surface area contributed by atoms with Crippen LogP contribution in [0.15, 0.2) is 30.5 Å². The zero-order chi connectivity index (χ0) is 17.6. The van der Waals surface area contributed by atoms with Gasteiger partial charge in [-0.15, -0.1) is 0 Å². The van der Waals surface area contributed by atoms with Gasteiger partial charge in [0.05, 0.1) is 17.8 Å². The number of hydrogen-bond donors (Lipinski definition) is 1. The quantitative estimate of drug-likeness (QED) is 0.815. The van der Waals surface area contributed by atoms with Crippen LogP contribution in [0.5, 0.6) is 0 Å². The van der Waals surface area contributed by atoms with Crippen molar-refractivity contribution in [2.24, 2.45) is 0 Å². The highest BCUT2D eigenvalue weighted by molar-refractivity contribution is 7.80. The van der Waals surface area contributed by atoms with Crippen LogP contribution < -0.4 is 5.32 Å². The Kier molecular flexibility index (Phi) is 4.28. The third-order valence-corrected chi connectivity index (χ3v) is 5.77. The molecule has 2 aliphatic rings. The maximum atomic E-state index is 5.69. The summed E-state index contributed by atoms with van der Waals surface area (Å²) in [6.45, 7) is 7.67. The average Bonchev–Trinajstić information content (AvgIpc) is 3.33. The van der Waals surface area contributed by atoms with Crippen LogP contribution in [0.4, 0.5) is 0 Å². The van der Waals surface area contributed by atoms with Crippen LogP contribution in [0, 0.1) is 13.8 Å². The van der Waals surface area contributed by atoms with Crippen LogP contribution in [-0.4, -0.2) is 26.1 Å². The third kappa shape index (κ3) is 2.84. The summed E-state index contributed by atoms with van der Waals surface area (Å²) >= 11 is 5.69. The minimum Gasteiger partial charge on any atom is -0.352 e.